The van der Waals surface area contributed by atoms with E-state index in [1.807, 2.05) is 12.1 Å². The van der Waals surface area contributed by atoms with Gasteiger partial charge in [-0.3, -0.25) is 19.7 Å². The summed E-state index contributed by atoms with van der Waals surface area (Å²) >= 11 is 0. The van der Waals surface area contributed by atoms with Crippen molar-refractivity contribution in [1.29, 1.82) is 10.5 Å². The van der Waals surface area contributed by atoms with Crippen molar-refractivity contribution in [2.45, 2.75) is 63.3 Å². The summed E-state index contributed by atoms with van der Waals surface area (Å²) in [4.78, 5) is 39.0. The van der Waals surface area contributed by atoms with Crippen LogP contribution in [0.25, 0.3) is 0 Å². The molecule has 1 unspecified atom stereocenters. The monoisotopic (exact) mass is 728 g/mol. The van der Waals surface area contributed by atoms with Crippen LogP contribution in [0.4, 0.5) is 22.0 Å². The van der Waals surface area contributed by atoms with E-state index in [-0.39, 0.29) is 18.5 Å². The molecule has 0 aliphatic carbocycles. The van der Waals surface area contributed by atoms with E-state index in [0.717, 1.165) is 5.32 Å². The number of ether oxygens (including phenoxy) is 1. The molecule has 0 saturated carbocycles. The molecule has 0 aromatic heterocycles. The number of carbonyl (C=O) groups excluding carboxylic acids is 3. The first-order valence-corrected chi connectivity index (χ1v) is 15.9. The number of aliphatic hydroxyl groups excluding tert-OH is 1. The number of rotatable bonds is 17. The molecule has 2 amide bonds. The molecule has 4 atom stereocenters. The van der Waals surface area contributed by atoms with Crippen molar-refractivity contribution < 1.29 is 46.2 Å². The maximum atomic E-state index is 14.9. The van der Waals surface area contributed by atoms with E-state index in [1.165, 1.54) is 45.2 Å². The Bertz CT molecular complexity index is 1790. The topological polar surface area (TPSA) is 176 Å². The number of amides is 2. The standard InChI is InChI=1S/C36H37F5N6O5/c1-21(2)29(31(48)36(40,41)34(51)45-20-35(37,38)39)46-33(50)30(26-10-12-27(52-3)13-11-26)47-32(49)28(16-22-6-4-7-23(14-22)17-42)44-19-25-9-5-8-24(15-25)18-43/h4-15,21,28-30,33,44,46,50H,16,19-20H2,1-3H3,(H,45,51)(H,47,49)/t28-,29-,30-,33?/m0/s1. The zero-order valence-corrected chi connectivity index (χ0v) is 28.3. The number of benzene rings is 3. The van der Waals surface area contributed by atoms with Gasteiger partial charge in [0.15, 0.2) is 0 Å². The Hall–Kier alpha value is -5.42. The molecule has 3 aromatic carbocycles. The Balaban J connectivity index is 1.95. The van der Waals surface area contributed by atoms with Crippen molar-refractivity contribution in [1.82, 2.24) is 21.3 Å². The second-order valence-corrected chi connectivity index (χ2v) is 12.1. The van der Waals surface area contributed by atoms with Gasteiger partial charge in [-0.05, 0) is 65.4 Å². The molecule has 276 valence electrons. The number of hydrogen-bond donors (Lipinski definition) is 5. The van der Waals surface area contributed by atoms with E-state index in [0.29, 0.717) is 28.0 Å². The number of ketones is 1. The van der Waals surface area contributed by atoms with E-state index in [9.17, 15) is 52.0 Å². The summed E-state index contributed by atoms with van der Waals surface area (Å²) in [5, 5.41) is 39.3. The summed E-state index contributed by atoms with van der Waals surface area (Å²) in [7, 11) is 1.40. The van der Waals surface area contributed by atoms with Crippen molar-refractivity contribution in [3.8, 4) is 17.9 Å². The quantitative estimate of drug-likeness (QED) is 0.0786. The van der Waals surface area contributed by atoms with Gasteiger partial charge < -0.3 is 25.8 Å². The Labute approximate surface area is 296 Å². The van der Waals surface area contributed by atoms with Crippen LogP contribution in [0.1, 0.15) is 47.7 Å². The van der Waals surface area contributed by atoms with Crippen molar-refractivity contribution in [2.24, 2.45) is 5.92 Å². The molecule has 11 nitrogen and oxygen atoms in total. The average Bonchev–Trinajstić information content (AvgIpc) is 3.12. The largest absolute Gasteiger partial charge is 0.497 e. The summed E-state index contributed by atoms with van der Waals surface area (Å²) in [6.45, 7) is 0.630. The number of halogens is 5. The van der Waals surface area contributed by atoms with Gasteiger partial charge >= 0.3 is 12.1 Å². The second-order valence-electron chi connectivity index (χ2n) is 12.1. The van der Waals surface area contributed by atoms with Crippen LogP contribution in [-0.4, -0.2) is 66.8 Å². The molecule has 0 saturated heterocycles. The Morgan fingerprint density at radius 1 is 0.885 bits per heavy atom. The van der Waals surface area contributed by atoms with Gasteiger partial charge in [0.25, 0.3) is 5.91 Å². The molecule has 0 aliphatic rings. The smallest absolute Gasteiger partial charge is 0.405 e. The van der Waals surface area contributed by atoms with Gasteiger partial charge in [-0.1, -0.05) is 50.2 Å². The molecule has 0 aliphatic heterocycles. The Morgan fingerprint density at radius 3 is 2.00 bits per heavy atom. The van der Waals surface area contributed by atoms with Crippen molar-refractivity contribution >= 4 is 17.6 Å². The number of hydrogen-bond acceptors (Lipinski definition) is 9. The highest BCUT2D eigenvalue weighted by Gasteiger charge is 2.52. The van der Waals surface area contributed by atoms with Crippen LogP contribution in [0.5, 0.6) is 5.75 Å². The highest BCUT2D eigenvalue weighted by atomic mass is 19.4. The fourth-order valence-electron chi connectivity index (χ4n) is 5.11. The molecular weight excluding hydrogens is 691 g/mol. The van der Waals surface area contributed by atoms with Crippen LogP contribution in [-0.2, 0) is 27.3 Å². The highest BCUT2D eigenvalue weighted by molar-refractivity contribution is 6.09. The van der Waals surface area contributed by atoms with E-state index >= 15 is 0 Å². The first-order chi connectivity index (χ1) is 24.5. The van der Waals surface area contributed by atoms with Crippen LogP contribution in [0, 0.1) is 28.6 Å². The lowest BCUT2D eigenvalue weighted by molar-refractivity contribution is -0.165. The van der Waals surface area contributed by atoms with Crippen LogP contribution in [0.3, 0.4) is 0 Å². The normalized spacial score (nSPS) is 13.9. The predicted octanol–water partition coefficient (Wildman–Crippen LogP) is 3.81. The summed E-state index contributed by atoms with van der Waals surface area (Å²) in [6, 6.07) is 18.6. The molecule has 3 aromatic rings. The number of aliphatic hydroxyl groups is 1. The Morgan fingerprint density at radius 2 is 1.46 bits per heavy atom. The van der Waals surface area contributed by atoms with Crippen molar-refractivity contribution in [3.05, 3.63) is 101 Å². The fraction of sp³-hybridized carbons (Fsp3) is 0.361. The summed E-state index contributed by atoms with van der Waals surface area (Å²) in [5.74, 6) is -10.8. The van der Waals surface area contributed by atoms with E-state index in [4.69, 9.17) is 4.74 Å². The number of alkyl halides is 5. The van der Waals surface area contributed by atoms with Crippen LogP contribution >= 0.6 is 0 Å². The van der Waals surface area contributed by atoms with Crippen LogP contribution in [0.15, 0.2) is 72.8 Å². The van der Waals surface area contributed by atoms with Gasteiger partial charge in [-0.15, -0.1) is 0 Å². The molecule has 0 bridgehead atoms. The molecule has 0 spiro atoms. The third-order valence-corrected chi connectivity index (χ3v) is 7.85. The van der Waals surface area contributed by atoms with E-state index in [2.05, 4.69) is 16.0 Å². The summed E-state index contributed by atoms with van der Waals surface area (Å²) < 4.78 is 72.8. The zero-order chi connectivity index (χ0) is 38.6. The number of Topliss-reactive ketones (excluding diaryl/α,β-unsaturated/α-hetero) is 1. The second kappa shape index (κ2) is 18.2. The van der Waals surface area contributed by atoms with Gasteiger partial charge in [0.1, 0.15) is 18.5 Å². The van der Waals surface area contributed by atoms with Gasteiger partial charge in [0.05, 0.1) is 48.5 Å². The predicted molar refractivity (Wildman–Crippen MR) is 177 cm³/mol. The molecule has 16 heteroatoms. The fourth-order valence-corrected chi connectivity index (χ4v) is 5.11. The lowest BCUT2D eigenvalue weighted by atomic mass is 9.94. The number of nitrogens with zero attached hydrogens (tertiary/aromatic N) is 2. The van der Waals surface area contributed by atoms with Crippen molar-refractivity contribution in [3.63, 3.8) is 0 Å². The van der Waals surface area contributed by atoms with Crippen molar-refractivity contribution in [2.75, 3.05) is 13.7 Å². The molecule has 0 fully saturated rings. The lowest BCUT2D eigenvalue weighted by Gasteiger charge is -2.32. The minimum atomic E-state index is -5.02. The molecule has 0 heterocycles. The third kappa shape index (κ3) is 11.6. The summed E-state index contributed by atoms with van der Waals surface area (Å²) in [6.07, 6.45) is -6.96. The average molecular weight is 729 g/mol. The molecule has 5 N–H and O–H groups in total. The molecule has 0 radical (unpaired) electrons. The van der Waals surface area contributed by atoms with Gasteiger partial charge in [0, 0.05) is 6.54 Å². The number of nitrogens with one attached hydrogen (secondary N) is 4. The highest BCUT2D eigenvalue weighted by Crippen LogP contribution is 2.25. The zero-order valence-electron chi connectivity index (χ0n) is 28.3. The first-order valence-electron chi connectivity index (χ1n) is 15.9. The third-order valence-electron chi connectivity index (χ3n) is 7.85. The molecule has 3 rings (SSSR count). The molecule has 52 heavy (non-hydrogen) atoms. The molecular formula is C36H37F5N6O5. The van der Waals surface area contributed by atoms with Gasteiger partial charge in [0.2, 0.25) is 11.7 Å². The summed E-state index contributed by atoms with van der Waals surface area (Å²) in [5.41, 5.74) is 2.20. The lowest BCUT2D eigenvalue weighted by Crippen LogP contribution is -2.59. The first kappa shape index (κ1) is 41.0. The Kier molecular flexibility index (Phi) is 14.3. The van der Waals surface area contributed by atoms with Crippen LogP contribution < -0.4 is 26.0 Å². The number of methoxy groups -OCH3 is 1. The number of nitriles is 2. The maximum Gasteiger partial charge on any atom is 0.405 e. The van der Waals surface area contributed by atoms with Gasteiger partial charge in [-0.25, -0.2) is 0 Å². The minimum absolute atomic E-state index is 0.0323. The number of carbonyl (C=O) groups is 3. The minimum Gasteiger partial charge on any atom is -0.497 e. The van der Waals surface area contributed by atoms with Crippen LogP contribution in [0.2, 0.25) is 0 Å². The maximum absolute atomic E-state index is 14.9. The van der Waals surface area contributed by atoms with Gasteiger partial charge in [-0.2, -0.15) is 32.5 Å². The van der Waals surface area contributed by atoms with E-state index < -0.39 is 66.5 Å². The van der Waals surface area contributed by atoms with E-state index in [1.54, 1.807) is 48.5 Å². The SMILES string of the molecule is COc1ccc([C@H](NC(=O)[C@H](Cc2cccc(C#N)c2)NCc2cccc(C#N)c2)C(O)N[C@H](C(=O)C(F)(F)C(=O)NCC(F)(F)F)C(C)C)cc1.